The van der Waals surface area contributed by atoms with Crippen LogP contribution in [0, 0.1) is 11.4 Å². The molecule has 0 radical (unpaired) electrons. The molecule has 0 aliphatic carbocycles. The largest absolute Gasteiger partial charge is 0.350 e. The minimum atomic E-state index is -0.643. The van der Waals surface area contributed by atoms with Gasteiger partial charge in [0, 0.05) is 13.1 Å². The lowest BCUT2D eigenvalue weighted by molar-refractivity contribution is 0.0923. The van der Waals surface area contributed by atoms with Gasteiger partial charge in [-0.1, -0.05) is 19.9 Å². The summed E-state index contributed by atoms with van der Waals surface area (Å²) in [6.45, 7) is 5.49. The number of carbonyl (C=O) groups excluding carboxylic acids is 1. The van der Waals surface area contributed by atoms with Gasteiger partial charge in [-0.25, -0.2) is 4.98 Å². The lowest BCUT2D eigenvalue weighted by Crippen LogP contribution is -2.40. The van der Waals surface area contributed by atoms with Gasteiger partial charge in [0.15, 0.2) is 0 Å². The molecule has 1 rings (SSSR count). The Balaban J connectivity index is 2.56. The van der Waals surface area contributed by atoms with Gasteiger partial charge in [-0.3, -0.25) is 4.79 Å². The van der Waals surface area contributed by atoms with Crippen LogP contribution in [-0.2, 0) is 0 Å². The molecule has 4 nitrogen and oxygen atoms in total. The van der Waals surface area contributed by atoms with Gasteiger partial charge in [0.25, 0.3) is 5.91 Å². The van der Waals surface area contributed by atoms with Crippen molar-refractivity contribution in [2.24, 2.45) is 5.41 Å². The number of hydrogen-bond acceptors (Lipinski definition) is 3. The van der Waals surface area contributed by atoms with Crippen molar-refractivity contribution in [1.29, 1.82) is 0 Å². The molecule has 0 unspecified atom stereocenters. The number of hydrogen-bond donors (Lipinski definition) is 1. The average molecular weight is 253 g/mol. The van der Waals surface area contributed by atoms with E-state index in [1.54, 1.807) is 0 Å². The second kappa shape index (κ2) is 5.91. The van der Waals surface area contributed by atoms with Gasteiger partial charge in [0.05, 0.1) is 0 Å². The van der Waals surface area contributed by atoms with Crippen LogP contribution in [0.3, 0.4) is 0 Å². The monoisotopic (exact) mass is 253 g/mol. The Labute approximate surface area is 107 Å². The highest BCUT2D eigenvalue weighted by molar-refractivity contribution is 5.92. The van der Waals surface area contributed by atoms with Crippen LogP contribution in [-0.4, -0.2) is 43.0 Å². The zero-order valence-corrected chi connectivity index (χ0v) is 11.3. The van der Waals surface area contributed by atoms with E-state index in [0.717, 1.165) is 6.54 Å². The molecule has 5 heteroatoms. The molecule has 0 bridgehead atoms. The van der Waals surface area contributed by atoms with E-state index in [9.17, 15) is 9.18 Å². The molecule has 0 saturated heterocycles. The van der Waals surface area contributed by atoms with E-state index in [4.69, 9.17) is 0 Å². The molecule has 0 spiro atoms. The molecule has 0 aliphatic heterocycles. The van der Waals surface area contributed by atoms with Gasteiger partial charge in [0.2, 0.25) is 5.95 Å². The highest BCUT2D eigenvalue weighted by Crippen LogP contribution is 2.14. The number of rotatable bonds is 5. The van der Waals surface area contributed by atoms with Gasteiger partial charge >= 0.3 is 0 Å². The topological polar surface area (TPSA) is 45.2 Å². The number of carbonyl (C=O) groups is 1. The van der Waals surface area contributed by atoms with Crippen LogP contribution in [0.15, 0.2) is 18.2 Å². The summed E-state index contributed by atoms with van der Waals surface area (Å²) < 4.78 is 12.9. The molecular weight excluding hydrogens is 233 g/mol. The van der Waals surface area contributed by atoms with Crippen LogP contribution in [0.2, 0.25) is 0 Å². The lowest BCUT2D eigenvalue weighted by atomic mass is 9.93. The fourth-order valence-corrected chi connectivity index (χ4v) is 1.86. The van der Waals surface area contributed by atoms with Gasteiger partial charge in [-0.2, -0.15) is 4.39 Å². The van der Waals surface area contributed by atoms with E-state index in [1.807, 2.05) is 14.1 Å². The van der Waals surface area contributed by atoms with Crippen molar-refractivity contribution >= 4 is 5.91 Å². The highest BCUT2D eigenvalue weighted by Gasteiger charge is 2.20. The number of amides is 1. The molecule has 0 saturated carbocycles. The fourth-order valence-electron chi connectivity index (χ4n) is 1.86. The standard InChI is InChI=1S/C13H20FN3O/c1-13(2,9-17(3)4)8-15-12(18)10-6-5-7-11(14)16-10/h5-7H,8-9H2,1-4H3,(H,15,18). The molecule has 18 heavy (non-hydrogen) atoms. The predicted octanol–water partition coefficient (Wildman–Crippen LogP) is 1.54. The smallest absolute Gasteiger partial charge is 0.270 e. The van der Waals surface area contributed by atoms with E-state index in [-0.39, 0.29) is 17.0 Å². The molecule has 1 heterocycles. The van der Waals surface area contributed by atoms with Crippen LogP contribution < -0.4 is 5.32 Å². The Bertz CT molecular complexity index is 418. The van der Waals surface area contributed by atoms with Crippen LogP contribution in [0.5, 0.6) is 0 Å². The summed E-state index contributed by atoms with van der Waals surface area (Å²) in [6.07, 6.45) is 0. The minimum absolute atomic E-state index is 0.0491. The van der Waals surface area contributed by atoms with Crippen molar-refractivity contribution in [2.45, 2.75) is 13.8 Å². The summed E-state index contributed by atoms with van der Waals surface area (Å²) in [6, 6.07) is 4.19. The molecule has 0 atom stereocenters. The van der Waals surface area contributed by atoms with E-state index in [0.29, 0.717) is 6.54 Å². The second-order valence-electron chi connectivity index (χ2n) is 5.43. The summed E-state index contributed by atoms with van der Waals surface area (Å²) >= 11 is 0. The quantitative estimate of drug-likeness (QED) is 0.810. The Kier molecular flexibility index (Phi) is 4.78. The number of nitrogens with one attached hydrogen (secondary N) is 1. The van der Waals surface area contributed by atoms with E-state index >= 15 is 0 Å². The predicted molar refractivity (Wildman–Crippen MR) is 68.9 cm³/mol. The SMILES string of the molecule is CN(C)CC(C)(C)CNC(=O)c1cccc(F)n1. The van der Waals surface area contributed by atoms with Crippen molar-refractivity contribution in [3.8, 4) is 0 Å². The van der Waals surface area contributed by atoms with Crippen LogP contribution in [0.4, 0.5) is 4.39 Å². The maximum atomic E-state index is 12.9. The van der Waals surface area contributed by atoms with E-state index < -0.39 is 5.95 Å². The van der Waals surface area contributed by atoms with Crippen molar-refractivity contribution in [3.05, 3.63) is 29.8 Å². The van der Waals surface area contributed by atoms with Gasteiger partial charge < -0.3 is 10.2 Å². The molecule has 1 N–H and O–H groups in total. The summed E-state index contributed by atoms with van der Waals surface area (Å²) in [5.74, 6) is -0.989. The summed E-state index contributed by atoms with van der Waals surface area (Å²) in [4.78, 5) is 17.4. The maximum Gasteiger partial charge on any atom is 0.270 e. The molecule has 1 aromatic rings. The molecule has 0 aliphatic rings. The molecule has 1 amide bonds. The first-order chi connectivity index (χ1) is 8.30. The fraction of sp³-hybridized carbons (Fsp3) is 0.538. The first kappa shape index (κ1) is 14.6. The number of aromatic nitrogens is 1. The Morgan fingerprint density at radius 1 is 1.44 bits per heavy atom. The average Bonchev–Trinajstić information content (AvgIpc) is 2.24. The molecular formula is C13H20FN3O. The Morgan fingerprint density at radius 2 is 2.11 bits per heavy atom. The zero-order chi connectivity index (χ0) is 13.8. The first-order valence-corrected chi connectivity index (χ1v) is 5.86. The van der Waals surface area contributed by atoms with Crippen molar-refractivity contribution in [1.82, 2.24) is 15.2 Å². The normalized spacial score (nSPS) is 11.7. The van der Waals surface area contributed by atoms with Crippen molar-refractivity contribution in [3.63, 3.8) is 0 Å². The summed E-state index contributed by atoms with van der Waals surface area (Å²) in [7, 11) is 3.97. The Morgan fingerprint density at radius 3 is 2.67 bits per heavy atom. The number of nitrogens with zero attached hydrogens (tertiary/aromatic N) is 2. The van der Waals surface area contributed by atoms with Crippen LogP contribution in [0.25, 0.3) is 0 Å². The maximum absolute atomic E-state index is 12.9. The van der Waals surface area contributed by atoms with E-state index in [1.165, 1.54) is 18.2 Å². The summed E-state index contributed by atoms with van der Waals surface area (Å²) in [5.41, 5.74) is 0.0580. The number of halogens is 1. The van der Waals surface area contributed by atoms with E-state index in [2.05, 4.69) is 29.0 Å². The summed E-state index contributed by atoms with van der Waals surface area (Å²) in [5, 5.41) is 2.78. The molecule has 1 aromatic heterocycles. The van der Waals surface area contributed by atoms with Gasteiger partial charge in [-0.15, -0.1) is 0 Å². The molecule has 0 aromatic carbocycles. The van der Waals surface area contributed by atoms with Crippen LogP contribution in [0.1, 0.15) is 24.3 Å². The first-order valence-electron chi connectivity index (χ1n) is 5.86. The minimum Gasteiger partial charge on any atom is -0.350 e. The Hall–Kier alpha value is -1.49. The lowest BCUT2D eigenvalue weighted by Gasteiger charge is -2.28. The third-order valence-electron chi connectivity index (χ3n) is 2.42. The van der Waals surface area contributed by atoms with Gasteiger partial charge in [-0.05, 0) is 31.6 Å². The second-order valence-corrected chi connectivity index (χ2v) is 5.43. The van der Waals surface area contributed by atoms with Crippen LogP contribution >= 0.6 is 0 Å². The third kappa shape index (κ3) is 4.79. The van der Waals surface area contributed by atoms with Crippen molar-refractivity contribution < 1.29 is 9.18 Å². The highest BCUT2D eigenvalue weighted by atomic mass is 19.1. The molecule has 0 fully saturated rings. The third-order valence-corrected chi connectivity index (χ3v) is 2.42. The van der Waals surface area contributed by atoms with Gasteiger partial charge in [0.1, 0.15) is 5.69 Å². The zero-order valence-electron chi connectivity index (χ0n) is 11.3. The molecule has 100 valence electrons. The van der Waals surface area contributed by atoms with Crippen molar-refractivity contribution in [2.75, 3.05) is 27.2 Å². The number of pyridine rings is 1.